The van der Waals surface area contributed by atoms with E-state index in [0.717, 1.165) is 0 Å². The predicted molar refractivity (Wildman–Crippen MR) is 47.0 cm³/mol. The number of ketones is 1. The summed E-state index contributed by atoms with van der Waals surface area (Å²) in [6.45, 7) is 0. The minimum absolute atomic E-state index is 0.0522. The van der Waals surface area contributed by atoms with Crippen LogP contribution in [0.3, 0.4) is 0 Å². The van der Waals surface area contributed by atoms with Crippen molar-refractivity contribution in [3.05, 3.63) is 29.8 Å². The van der Waals surface area contributed by atoms with Crippen molar-refractivity contribution in [3.8, 4) is 5.75 Å². The largest absolute Gasteiger partial charge is 0.455 e. The summed E-state index contributed by atoms with van der Waals surface area (Å²) in [4.78, 5) is 11.4. The standard InChI is InChI=1S/C10H7F3O3/c11-10(12,13)9(15)5-7(14)6-3-1-2-4-8(6)16-9/h1-4,15H,5H2/t9-/m0/s1. The van der Waals surface area contributed by atoms with Crippen molar-refractivity contribution in [2.45, 2.75) is 18.4 Å². The number of rotatable bonds is 0. The Labute approximate surface area is 88.5 Å². The molecule has 0 saturated heterocycles. The SMILES string of the molecule is O=C1C[C@@](O)(C(F)(F)F)Oc2ccccc21. The van der Waals surface area contributed by atoms with Crippen LogP contribution < -0.4 is 4.74 Å². The summed E-state index contributed by atoms with van der Waals surface area (Å²) in [5, 5.41) is 9.26. The van der Waals surface area contributed by atoms with E-state index >= 15 is 0 Å². The van der Waals surface area contributed by atoms with Crippen LogP contribution in [-0.4, -0.2) is 22.9 Å². The Morgan fingerprint density at radius 1 is 1.31 bits per heavy atom. The van der Waals surface area contributed by atoms with E-state index in [4.69, 9.17) is 0 Å². The van der Waals surface area contributed by atoms with Gasteiger partial charge in [0.1, 0.15) is 5.75 Å². The van der Waals surface area contributed by atoms with Gasteiger partial charge in [-0.25, -0.2) is 0 Å². The summed E-state index contributed by atoms with van der Waals surface area (Å²) in [5.74, 6) is -4.46. The second-order valence-corrected chi connectivity index (χ2v) is 3.48. The second kappa shape index (κ2) is 3.21. The fraction of sp³-hybridized carbons (Fsp3) is 0.300. The highest BCUT2D eigenvalue weighted by Crippen LogP contribution is 2.40. The van der Waals surface area contributed by atoms with Crippen LogP contribution in [0.25, 0.3) is 0 Å². The van der Waals surface area contributed by atoms with Crippen molar-refractivity contribution < 1.29 is 27.8 Å². The first-order valence-corrected chi connectivity index (χ1v) is 4.44. The maximum absolute atomic E-state index is 12.5. The molecule has 16 heavy (non-hydrogen) atoms. The Hall–Kier alpha value is -1.56. The summed E-state index contributed by atoms with van der Waals surface area (Å²) in [6.07, 6.45) is -6.12. The first-order chi connectivity index (χ1) is 7.33. The predicted octanol–water partition coefficient (Wildman–Crippen LogP) is 1.90. The molecule has 1 aromatic carbocycles. The summed E-state index contributed by atoms with van der Waals surface area (Å²) in [7, 11) is 0. The highest BCUT2D eigenvalue weighted by Gasteiger charge is 2.59. The smallest absolute Gasteiger partial charge is 0.452 e. The van der Waals surface area contributed by atoms with Crippen LogP contribution in [0.2, 0.25) is 0 Å². The number of ether oxygens (including phenoxy) is 1. The van der Waals surface area contributed by atoms with Crippen LogP contribution in [0.4, 0.5) is 13.2 Å². The zero-order chi connectivity index (χ0) is 12.0. The van der Waals surface area contributed by atoms with Gasteiger partial charge in [-0.3, -0.25) is 4.79 Å². The monoisotopic (exact) mass is 232 g/mol. The van der Waals surface area contributed by atoms with E-state index in [9.17, 15) is 23.1 Å². The third kappa shape index (κ3) is 1.55. The number of hydrogen-bond donors (Lipinski definition) is 1. The Morgan fingerprint density at radius 3 is 2.56 bits per heavy atom. The number of alkyl halides is 3. The van der Waals surface area contributed by atoms with Crippen LogP contribution in [0.15, 0.2) is 24.3 Å². The average Bonchev–Trinajstić information content (AvgIpc) is 2.15. The summed E-state index contributed by atoms with van der Waals surface area (Å²) in [6, 6.07) is 5.50. The molecule has 0 saturated carbocycles. The lowest BCUT2D eigenvalue weighted by Gasteiger charge is -2.34. The van der Waals surface area contributed by atoms with Gasteiger partial charge in [-0.1, -0.05) is 12.1 Å². The van der Waals surface area contributed by atoms with Gasteiger partial charge in [0, 0.05) is 0 Å². The van der Waals surface area contributed by atoms with Gasteiger partial charge >= 0.3 is 12.0 Å². The van der Waals surface area contributed by atoms with Crippen molar-refractivity contribution >= 4 is 5.78 Å². The van der Waals surface area contributed by atoms with Crippen molar-refractivity contribution in [2.24, 2.45) is 0 Å². The zero-order valence-corrected chi connectivity index (χ0v) is 7.91. The number of hydrogen-bond acceptors (Lipinski definition) is 3. The van der Waals surface area contributed by atoms with Crippen LogP contribution in [-0.2, 0) is 0 Å². The summed E-state index contributed by atoms with van der Waals surface area (Å²) in [5.41, 5.74) is 0.0522. The zero-order valence-electron chi connectivity index (χ0n) is 7.91. The molecule has 0 radical (unpaired) electrons. The number of para-hydroxylation sites is 1. The van der Waals surface area contributed by atoms with Crippen molar-refractivity contribution in [1.82, 2.24) is 0 Å². The number of fused-ring (bicyclic) bond motifs is 1. The summed E-state index contributed by atoms with van der Waals surface area (Å²) >= 11 is 0. The number of Topliss-reactive ketones (excluding diaryl/α,β-unsaturated/α-hetero) is 1. The Bertz CT molecular complexity index is 441. The van der Waals surface area contributed by atoms with E-state index < -0.39 is 24.2 Å². The Morgan fingerprint density at radius 2 is 1.94 bits per heavy atom. The van der Waals surface area contributed by atoms with Crippen molar-refractivity contribution in [2.75, 3.05) is 0 Å². The van der Waals surface area contributed by atoms with Crippen LogP contribution in [0.5, 0.6) is 5.75 Å². The van der Waals surface area contributed by atoms with Crippen LogP contribution in [0, 0.1) is 0 Å². The molecular weight excluding hydrogens is 225 g/mol. The lowest BCUT2D eigenvalue weighted by Crippen LogP contribution is -2.53. The molecule has 0 spiro atoms. The first-order valence-electron chi connectivity index (χ1n) is 4.44. The molecule has 1 heterocycles. The van der Waals surface area contributed by atoms with Gasteiger partial charge in [-0.05, 0) is 12.1 Å². The highest BCUT2D eigenvalue weighted by molar-refractivity contribution is 6.00. The number of halogens is 3. The molecule has 0 fully saturated rings. The van der Waals surface area contributed by atoms with Crippen molar-refractivity contribution in [1.29, 1.82) is 0 Å². The van der Waals surface area contributed by atoms with Gasteiger partial charge in [0.2, 0.25) is 0 Å². The number of benzene rings is 1. The van der Waals surface area contributed by atoms with E-state index in [1.165, 1.54) is 24.3 Å². The molecule has 0 amide bonds. The average molecular weight is 232 g/mol. The molecule has 0 aromatic heterocycles. The lowest BCUT2D eigenvalue weighted by atomic mass is 9.98. The highest BCUT2D eigenvalue weighted by atomic mass is 19.4. The Balaban J connectivity index is 2.46. The maximum Gasteiger partial charge on any atom is 0.455 e. The normalized spacial score (nSPS) is 24.9. The topological polar surface area (TPSA) is 46.5 Å². The lowest BCUT2D eigenvalue weighted by molar-refractivity contribution is -0.334. The number of aliphatic hydroxyl groups is 1. The van der Waals surface area contributed by atoms with Gasteiger partial charge in [0.15, 0.2) is 5.78 Å². The third-order valence-electron chi connectivity index (χ3n) is 2.31. The van der Waals surface area contributed by atoms with Crippen LogP contribution >= 0.6 is 0 Å². The molecule has 1 aromatic rings. The van der Waals surface area contributed by atoms with E-state index in [0.29, 0.717) is 0 Å². The van der Waals surface area contributed by atoms with E-state index in [2.05, 4.69) is 4.74 Å². The minimum Gasteiger partial charge on any atom is -0.452 e. The van der Waals surface area contributed by atoms with Gasteiger partial charge in [0.05, 0.1) is 12.0 Å². The van der Waals surface area contributed by atoms with Crippen LogP contribution in [0.1, 0.15) is 16.8 Å². The fourth-order valence-electron chi connectivity index (χ4n) is 1.47. The first kappa shape index (κ1) is 10.9. The molecule has 1 N–H and O–H groups in total. The van der Waals surface area contributed by atoms with Gasteiger partial charge < -0.3 is 9.84 Å². The summed E-state index contributed by atoms with van der Waals surface area (Å²) < 4.78 is 41.9. The molecule has 3 nitrogen and oxygen atoms in total. The second-order valence-electron chi connectivity index (χ2n) is 3.48. The van der Waals surface area contributed by atoms with E-state index in [1.54, 1.807) is 0 Å². The third-order valence-corrected chi connectivity index (χ3v) is 2.31. The molecule has 1 aliphatic rings. The molecule has 0 bridgehead atoms. The van der Waals surface area contributed by atoms with E-state index in [-0.39, 0.29) is 11.3 Å². The van der Waals surface area contributed by atoms with Gasteiger partial charge in [0.25, 0.3) is 0 Å². The molecule has 0 unspecified atom stereocenters. The number of carbonyl (C=O) groups excluding carboxylic acids is 1. The Kier molecular flexibility index (Phi) is 2.20. The minimum atomic E-state index is -5.00. The number of carbonyl (C=O) groups is 1. The van der Waals surface area contributed by atoms with E-state index in [1.807, 2.05) is 0 Å². The maximum atomic E-state index is 12.5. The molecule has 1 atom stereocenters. The molecular formula is C10H7F3O3. The van der Waals surface area contributed by atoms with Crippen molar-refractivity contribution in [3.63, 3.8) is 0 Å². The van der Waals surface area contributed by atoms with Gasteiger partial charge in [-0.2, -0.15) is 13.2 Å². The quantitative estimate of drug-likeness (QED) is 0.743. The molecule has 1 aliphatic heterocycles. The molecule has 86 valence electrons. The van der Waals surface area contributed by atoms with Gasteiger partial charge in [-0.15, -0.1) is 0 Å². The molecule has 6 heteroatoms. The molecule has 2 rings (SSSR count). The fourth-order valence-corrected chi connectivity index (χ4v) is 1.47. The molecule has 0 aliphatic carbocycles.